The average Bonchev–Trinajstić information content (AvgIpc) is 3.29. The number of nitrogens with zero attached hydrogens (tertiary/aromatic N) is 4. The molecule has 2 N–H and O–H groups in total. The smallest absolute Gasteiger partial charge is 0.301 e. The summed E-state index contributed by atoms with van der Waals surface area (Å²) in [6.45, 7) is 4.99. The maximum absolute atomic E-state index is 13.0. The van der Waals surface area contributed by atoms with Crippen LogP contribution in [0.25, 0.3) is 10.2 Å². The van der Waals surface area contributed by atoms with Crippen molar-refractivity contribution in [1.82, 2.24) is 20.1 Å². The van der Waals surface area contributed by atoms with Crippen molar-refractivity contribution in [2.45, 2.75) is 17.7 Å². The van der Waals surface area contributed by atoms with Gasteiger partial charge in [0.25, 0.3) is 5.91 Å². The minimum atomic E-state index is -3.49. The number of urea groups is 1. The third-order valence-electron chi connectivity index (χ3n) is 6.18. The number of benzene rings is 2. The topological polar surface area (TPSA) is 136 Å². The molecule has 1 aromatic heterocycles. The number of halogens is 1. The Bertz CT molecular complexity index is 1460. The number of sulfone groups is 1. The lowest BCUT2D eigenvalue weighted by Gasteiger charge is -2.34. The maximum Gasteiger partial charge on any atom is 0.327 e. The van der Waals surface area contributed by atoms with E-state index in [1.54, 1.807) is 30.3 Å². The van der Waals surface area contributed by atoms with Crippen molar-refractivity contribution in [1.29, 1.82) is 5.26 Å². The van der Waals surface area contributed by atoms with Crippen molar-refractivity contribution >= 4 is 60.1 Å². The number of fused-ring (bicyclic) bond motifs is 1. The second-order valence-corrected chi connectivity index (χ2v) is 12.3. The summed E-state index contributed by atoms with van der Waals surface area (Å²) >= 11 is 7.11. The highest BCUT2D eigenvalue weighted by molar-refractivity contribution is 7.91. The second-order valence-electron chi connectivity index (χ2n) is 8.80. The third kappa shape index (κ3) is 7.27. The Hall–Kier alpha value is -3.08. The molecule has 0 bridgehead atoms. The lowest BCUT2D eigenvalue weighted by atomic mass is 10.2. The third-order valence-corrected chi connectivity index (χ3v) is 9.24. The first-order valence-corrected chi connectivity index (χ1v) is 14.9. The Morgan fingerprint density at radius 3 is 2.50 bits per heavy atom. The molecule has 1 saturated heterocycles. The summed E-state index contributed by atoms with van der Waals surface area (Å²) in [7, 11) is -3.49. The monoisotopic (exact) mass is 574 g/mol. The number of hydrogen-bond acceptors (Lipinski definition) is 9. The highest BCUT2D eigenvalue weighted by Crippen LogP contribution is 2.29. The molecule has 0 saturated carbocycles. The molecule has 0 unspecified atom stereocenters. The van der Waals surface area contributed by atoms with E-state index in [0.29, 0.717) is 29.6 Å². The van der Waals surface area contributed by atoms with Gasteiger partial charge in [-0.1, -0.05) is 35.1 Å². The molecule has 2 heterocycles. The first-order chi connectivity index (χ1) is 18.2. The van der Waals surface area contributed by atoms with E-state index in [1.807, 2.05) is 0 Å². The first-order valence-electron chi connectivity index (χ1n) is 12.1. The molecule has 200 valence electrons. The van der Waals surface area contributed by atoms with E-state index in [2.05, 4.69) is 31.5 Å². The van der Waals surface area contributed by atoms with Gasteiger partial charge in [-0.25, -0.2) is 18.2 Å². The summed E-state index contributed by atoms with van der Waals surface area (Å²) in [6, 6.07) is 12.5. The van der Waals surface area contributed by atoms with Gasteiger partial charge in [0.05, 0.1) is 37.5 Å². The standard InChI is InChI=1S/C25H27ClN6O4S2/c26-20-6-2-1-5-19(20)23(33)29-24(34)30-25-28-21-8-7-18(17-22(21)37-25)38(35,36)16-4-11-32-14-12-31(13-15-32)10-3-9-27/h1-2,5-8,17H,3-4,10-16H2,(H2,28,29,30,33,34). The molecule has 0 atom stereocenters. The molecule has 3 aromatic rings. The van der Waals surface area contributed by atoms with Gasteiger partial charge in [0, 0.05) is 39.1 Å². The lowest BCUT2D eigenvalue weighted by Crippen LogP contribution is -2.46. The number of rotatable bonds is 9. The van der Waals surface area contributed by atoms with Crippen LogP contribution in [-0.2, 0) is 9.84 Å². The van der Waals surface area contributed by atoms with Crippen LogP contribution in [0.4, 0.5) is 9.93 Å². The van der Waals surface area contributed by atoms with Gasteiger partial charge in [0.1, 0.15) is 0 Å². The van der Waals surface area contributed by atoms with Crippen LogP contribution < -0.4 is 10.6 Å². The number of aromatic nitrogens is 1. The predicted molar refractivity (Wildman–Crippen MR) is 147 cm³/mol. The van der Waals surface area contributed by atoms with E-state index < -0.39 is 21.8 Å². The van der Waals surface area contributed by atoms with E-state index in [-0.39, 0.29) is 26.4 Å². The average molecular weight is 575 g/mol. The summed E-state index contributed by atoms with van der Waals surface area (Å²) in [5, 5.41) is 13.9. The Morgan fingerprint density at radius 2 is 1.79 bits per heavy atom. The van der Waals surface area contributed by atoms with E-state index >= 15 is 0 Å². The highest BCUT2D eigenvalue weighted by atomic mass is 35.5. The van der Waals surface area contributed by atoms with Crippen LogP contribution in [0.1, 0.15) is 23.2 Å². The number of carbonyl (C=O) groups excluding carboxylic acids is 2. The summed E-state index contributed by atoms with van der Waals surface area (Å²) in [5.74, 6) is -0.618. The first kappa shape index (κ1) is 27.9. The summed E-state index contributed by atoms with van der Waals surface area (Å²) in [5.41, 5.74) is 0.706. The van der Waals surface area contributed by atoms with Crippen molar-refractivity contribution in [3.63, 3.8) is 0 Å². The second kappa shape index (κ2) is 12.6. The number of carbonyl (C=O) groups is 2. The minimum absolute atomic E-state index is 0.0314. The zero-order chi connectivity index (χ0) is 27.1. The van der Waals surface area contributed by atoms with Crippen LogP contribution in [0.3, 0.4) is 0 Å². The zero-order valence-corrected chi connectivity index (χ0v) is 22.9. The van der Waals surface area contributed by atoms with Crippen LogP contribution in [0.5, 0.6) is 0 Å². The van der Waals surface area contributed by atoms with Gasteiger partial charge < -0.3 is 4.90 Å². The van der Waals surface area contributed by atoms with Gasteiger partial charge in [0.15, 0.2) is 15.0 Å². The predicted octanol–water partition coefficient (Wildman–Crippen LogP) is 3.61. The Labute approximate surface area is 230 Å². The number of amides is 3. The van der Waals surface area contributed by atoms with Gasteiger partial charge in [-0.3, -0.25) is 20.3 Å². The van der Waals surface area contributed by atoms with E-state index in [9.17, 15) is 18.0 Å². The van der Waals surface area contributed by atoms with Gasteiger partial charge in [-0.2, -0.15) is 5.26 Å². The molecule has 4 rings (SSSR count). The summed E-state index contributed by atoms with van der Waals surface area (Å²) in [4.78, 5) is 33.6. The van der Waals surface area contributed by atoms with Gasteiger partial charge >= 0.3 is 6.03 Å². The fraction of sp³-hybridized carbons (Fsp3) is 0.360. The van der Waals surface area contributed by atoms with E-state index in [4.69, 9.17) is 16.9 Å². The number of hydrogen-bond donors (Lipinski definition) is 2. The molecule has 1 fully saturated rings. The lowest BCUT2D eigenvalue weighted by molar-refractivity contribution is 0.0967. The maximum atomic E-state index is 13.0. The van der Waals surface area contributed by atoms with Crippen molar-refractivity contribution in [3.8, 4) is 6.07 Å². The molecule has 38 heavy (non-hydrogen) atoms. The molecule has 2 aromatic carbocycles. The Balaban J connectivity index is 1.30. The Kier molecular flexibility index (Phi) is 9.30. The Morgan fingerprint density at radius 1 is 1.08 bits per heavy atom. The van der Waals surface area contributed by atoms with Crippen LogP contribution in [0.15, 0.2) is 47.4 Å². The largest absolute Gasteiger partial charge is 0.327 e. The number of thiazole rings is 1. The van der Waals surface area contributed by atoms with Crippen molar-refractivity contribution < 1.29 is 18.0 Å². The number of nitrogens with one attached hydrogen (secondary N) is 2. The summed E-state index contributed by atoms with van der Waals surface area (Å²) in [6.07, 6.45) is 1.05. The fourth-order valence-electron chi connectivity index (χ4n) is 4.14. The van der Waals surface area contributed by atoms with Crippen LogP contribution in [-0.4, -0.2) is 80.2 Å². The molecule has 0 radical (unpaired) electrons. The van der Waals surface area contributed by atoms with Crippen molar-refractivity contribution in [3.05, 3.63) is 53.1 Å². The molecule has 0 spiro atoms. The fourth-order valence-corrected chi connectivity index (χ4v) is 6.65. The van der Waals surface area contributed by atoms with Gasteiger partial charge in [0.2, 0.25) is 0 Å². The minimum Gasteiger partial charge on any atom is -0.301 e. The van der Waals surface area contributed by atoms with Crippen molar-refractivity contribution in [2.24, 2.45) is 0 Å². The zero-order valence-electron chi connectivity index (χ0n) is 20.5. The molecule has 0 aliphatic carbocycles. The van der Waals surface area contributed by atoms with Crippen LogP contribution in [0, 0.1) is 11.3 Å². The van der Waals surface area contributed by atoms with Gasteiger partial charge in [-0.15, -0.1) is 0 Å². The van der Waals surface area contributed by atoms with Crippen LogP contribution in [0.2, 0.25) is 5.02 Å². The van der Waals surface area contributed by atoms with Crippen molar-refractivity contribution in [2.75, 3.05) is 50.3 Å². The molecule has 3 amide bonds. The van der Waals surface area contributed by atoms with E-state index in [0.717, 1.165) is 44.1 Å². The highest BCUT2D eigenvalue weighted by Gasteiger charge is 2.20. The number of imide groups is 1. The molecule has 10 nitrogen and oxygen atoms in total. The van der Waals surface area contributed by atoms with E-state index in [1.165, 1.54) is 12.1 Å². The number of piperazine rings is 1. The number of anilines is 1. The van der Waals surface area contributed by atoms with Crippen LogP contribution >= 0.6 is 22.9 Å². The molecule has 1 aliphatic heterocycles. The quantitative estimate of drug-likeness (QED) is 0.396. The summed E-state index contributed by atoms with van der Waals surface area (Å²) < 4.78 is 26.5. The normalized spacial score (nSPS) is 14.7. The molecule has 1 aliphatic rings. The SMILES string of the molecule is N#CCCN1CCN(CCCS(=O)(=O)c2ccc3nc(NC(=O)NC(=O)c4ccccc4Cl)sc3c2)CC1. The van der Waals surface area contributed by atoms with Gasteiger partial charge in [-0.05, 0) is 43.3 Å². The molecular weight excluding hydrogens is 548 g/mol. The molecule has 13 heteroatoms. The molecular formula is C25H27ClN6O4S2. The number of nitriles is 1.